The summed E-state index contributed by atoms with van der Waals surface area (Å²) in [7, 11) is 1.87. The summed E-state index contributed by atoms with van der Waals surface area (Å²) in [6, 6.07) is 11.3. The standard InChI is InChI=1S/C19H20N4O2/c1-14(25-18-6-4-3-5-7-18)19(24)21-10-15-8-16(11-20-9-15)17-12-22-23(2)13-17/h3-9,11-14H,10H2,1-2H3,(H,21,24)/t14-/m0/s1. The highest BCUT2D eigenvalue weighted by Crippen LogP contribution is 2.18. The van der Waals surface area contributed by atoms with Crippen molar-refractivity contribution in [1.82, 2.24) is 20.1 Å². The molecule has 0 spiro atoms. The lowest BCUT2D eigenvalue weighted by Gasteiger charge is -2.14. The number of carbonyl (C=O) groups is 1. The van der Waals surface area contributed by atoms with Gasteiger partial charge in [-0.15, -0.1) is 0 Å². The molecule has 0 bridgehead atoms. The molecular formula is C19H20N4O2. The Kier molecular flexibility index (Phi) is 5.09. The van der Waals surface area contributed by atoms with E-state index in [1.165, 1.54) is 0 Å². The predicted octanol–water partition coefficient (Wildman–Crippen LogP) is 2.57. The zero-order chi connectivity index (χ0) is 17.6. The van der Waals surface area contributed by atoms with Crippen molar-refractivity contribution in [2.24, 2.45) is 7.05 Å². The van der Waals surface area contributed by atoms with E-state index in [-0.39, 0.29) is 5.91 Å². The van der Waals surface area contributed by atoms with Gasteiger partial charge in [0.25, 0.3) is 5.91 Å². The molecule has 0 aliphatic rings. The van der Waals surface area contributed by atoms with E-state index in [2.05, 4.69) is 15.4 Å². The Balaban J connectivity index is 1.58. The molecule has 0 saturated carbocycles. The molecule has 0 saturated heterocycles. The van der Waals surface area contributed by atoms with Gasteiger partial charge in [-0.25, -0.2) is 0 Å². The number of ether oxygens (including phenoxy) is 1. The minimum atomic E-state index is -0.572. The zero-order valence-corrected chi connectivity index (χ0v) is 14.2. The SMILES string of the molecule is C[C@H](Oc1ccccc1)C(=O)NCc1cncc(-c2cnn(C)c2)c1. The molecule has 2 heterocycles. The van der Waals surface area contributed by atoms with Gasteiger partial charge in [-0.1, -0.05) is 18.2 Å². The number of hydrogen-bond acceptors (Lipinski definition) is 4. The van der Waals surface area contributed by atoms with Crippen molar-refractivity contribution in [2.45, 2.75) is 19.6 Å². The molecule has 0 aliphatic heterocycles. The van der Waals surface area contributed by atoms with E-state index < -0.39 is 6.10 Å². The fraction of sp³-hybridized carbons (Fsp3) is 0.211. The second-order valence-electron chi connectivity index (χ2n) is 5.78. The summed E-state index contributed by atoms with van der Waals surface area (Å²) in [4.78, 5) is 16.5. The Hall–Kier alpha value is -3.15. The monoisotopic (exact) mass is 336 g/mol. The second-order valence-corrected chi connectivity index (χ2v) is 5.78. The van der Waals surface area contributed by atoms with Crippen molar-refractivity contribution in [3.63, 3.8) is 0 Å². The van der Waals surface area contributed by atoms with Crippen molar-refractivity contribution in [2.75, 3.05) is 0 Å². The first kappa shape index (κ1) is 16.7. The number of hydrogen-bond donors (Lipinski definition) is 1. The molecule has 0 fully saturated rings. The lowest BCUT2D eigenvalue weighted by molar-refractivity contribution is -0.127. The molecule has 3 rings (SSSR count). The van der Waals surface area contributed by atoms with Crippen LogP contribution >= 0.6 is 0 Å². The van der Waals surface area contributed by atoms with Crippen LogP contribution in [0.25, 0.3) is 11.1 Å². The smallest absolute Gasteiger partial charge is 0.261 e. The molecule has 1 N–H and O–H groups in total. The van der Waals surface area contributed by atoms with E-state index in [0.29, 0.717) is 12.3 Å². The van der Waals surface area contributed by atoms with E-state index in [4.69, 9.17) is 4.74 Å². The van der Waals surface area contributed by atoms with Gasteiger partial charge in [0, 0.05) is 43.3 Å². The van der Waals surface area contributed by atoms with Gasteiger partial charge in [0.05, 0.1) is 6.20 Å². The van der Waals surface area contributed by atoms with Gasteiger partial charge < -0.3 is 10.1 Å². The molecule has 0 unspecified atom stereocenters. The van der Waals surface area contributed by atoms with E-state index in [9.17, 15) is 4.79 Å². The Morgan fingerprint density at radius 2 is 2.00 bits per heavy atom. The molecule has 0 radical (unpaired) electrons. The Morgan fingerprint density at radius 3 is 2.72 bits per heavy atom. The van der Waals surface area contributed by atoms with Crippen molar-refractivity contribution in [3.05, 3.63) is 66.7 Å². The first-order valence-electron chi connectivity index (χ1n) is 8.04. The van der Waals surface area contributed by atoms with Gasteiger partial charge in [0.2, 0.25) is 0 Å². The highest BCUT2D eigenvalue weighted by Gasteiger charge is 2.14. The number of aromatic nitrogens is 3. The third kappa shape index (κ3) is 4.44. The van der Waals surface area contributed by atoms with Crippen LogP contribution in [0.3, 0.4) is 0 Å². The third-order valence-electron chi connectivity index (χ3n) is 3.73. The average molecular weight is 336 g/mol. The Labute approximate surface area is 146 Å². The van der Waals surface area contributed by atoms with Crippen molar-refractivity contribution in [1.29, 1.82) is 0 Å². The van der Waals surface area contributed by atoms with E-state index in [1.54, 1.807) is 30.2 Å². The number of benzene rings is 1. The first-order valence-corrected chi connectivity index (χ1v) is 8.04. The highest BCUT2D eigenvalue weighted by atomic mass is 16.5. The van der Waals surface area contributed by atoms with Crippen LogP contribution in [0, 0.1) is 0 Å². The van der Waals surface area contributed by atoms with Gasteiger partial charge in [-0.2, -0.15) is 5.10 Å². The molecule has 1 amide bonds. The number of carbonyl (C=O) groups excluding carboxylic acids is 1. The van der Waals surface area contributed by atoms with Crippen molar-refractivity contribution < 1.29 is 9.53 Å². The fourth-order valence-electron chi connectivity index (χ4n) is 2.40. The second kappa shape index (κ2) is 7.61. The Morgan fingerprint density at radius 1 is 1.20 bits per heavy atom. The number of amides is 1. The maximum Gasteiger partial charge on any atom is 0.261 e. The van der Waals surface area contributed by atoms with Crippen molar-refractivity contribution >= 4 is 5.91 Å². The molecular weight excluding hydrogens is 316 g/mol. The molecule has 1 aromatic carbocycles. The molecule has 6 nitrogen and oxygen atoms in total. The van der Waals surface area contributed by atoms with Crippen molar-refractivity contribution in [3.8, 4) is 16.9 Å². The zero-order valence-electron chi connectivity index (χ0n) is 14.2. The molecule has 6 heteroatoms. The molecule has 1 atom stereocenters. The van der Waals surface area contributed by atoms with E-state index in [1.807, 2.05) is 49.6 Å². The maximum atomic E-state index is 12.2. The van der Waals surface area contributed by atoms with E-state index in [0.717, 1.165) is 16.7 Å². The van der Waals surface area contributed by atoms with Crippen LogP contribution in [0.1, 0.15) is 12.5 Å². The summed E-state index contributed by atoms with van der Waals surface area (Å²) in [6.45, 7) is 2.12. The molecule has 25 heavy (non-hydrogen) atoms. The highest BCUT2D eigenvalue weighted by molar-refractivity contribution is 5.80. The largest absolute Gasteiger partial charge is 0.481 e. The number of para-hydroxylation sites is 1. The summed E-state index contributed by atoms with van der Waals surface area (Å²) in [6.07, 6.45) is 6.66. The summed E-state index contributed by atoms with van der Waals surface area (Å²) >= 11 is 0. The Bertz CT molecular complexity index is 845. The molecule has 2 aromatic heterocycles. The van der Waals surface area contributed by atoms with Crippen LogP contribution in [-0.2, 0) is 18.4 Å². The van der Waals surface area contributed by atoms with Crippen LogP contribution < -0.4 is 10.1 Å². The van der Waals surface area contributed by atoms with Gasteiger partial charge in [0.1, 0.15) is 5.75 Å². The number of nitrogens with one attached hydrogen (secondary N) is 1. The maximum absolute atomic E-state index is 12.2. The predicted molar refractivity (Wildman–Crippen MR) is 94.8 cm³/mol. The third-order valence-corrected chi connectivity index (χ3v) is 3.73. The van der Waals surface area contributed by atoms with Gasteiger partial charge in [-0.3, -0.25) is 14.5 Å². The van der Waals surface area contributed by atoms with Crippen LogP contribution in [0.15, 0.2) is 61.2 Å². The van der Waals surface area contributed by atoms with E-state index >= 15 is 0 Å². The first-order chi connectivity index (χ1) is 12.1. The number of nitrogens with zero attached hydrogens (tertiary/aromatic N) is 3. The summed E-state index contributed by atoms with van der Waals surface area (Å²) in [5.74, 6) is 0.501. The number of pyridine rings is 1. The fourth-order valence-corrected chi connectivity index (χ4v) is 2.40. The summed E-state index contributed by atoms with van der Waals surface area (Å²) in [5, 5.41) is 7.04. The van der Waals surface area contributed by atoms with Crippen LogP contribution in [0.5, 0.6) is 5.75 Å². The molecule has 3 aromatic rings. The topological polar surface area (TPSA) is 69.0 Å². The van der Waals surface area contributed by atoms with Crippen LogP contribution in [0.4, 0.5) is 0 Å². The molecule has 0 aliphatic carbocycles. The minimum absolute atomic E-state index is 0.171. The lowest BCUT2D eigenvalue weighted by Crippen LogP contribution is -2.35. The quantitative estimate of drug-likeness (QED) is 0.751. The molecule has 128 valence electrons. The lowest BCUT2D eigenvalue weighted by atomic mass is 10.1. The summed E-state index contributed by atoms with van der Waals surface area (Å²) < 4.78 is 7.36. The van der Waals surface area contributed by atoms with Crippen LogP contribution in [-0.4, -0.2) is 26.8 Å². The normalized spacial score (nSPS) is 11.8. The van der Waals surface area contributed by atoms with Gasteiger partial charge >= 0.3 is 0 Å². The number of aryl methyl sites for hydroxylation is 1. The van der Waals surface area contributed by atoms with Crippen LogP contribution in [0.2, 0.25) is 0 Å². The average Bonchev–Trinajstić information content (AvgIpc) is 3.07. The van der Waals surface area contributed by atoms with Gasteiger partial charge in [-0.05, 0) is 30.7 Å². The van der Waals surface area contributed by atoms with Gasteiger partial charge in [0.15, 0.2) is 6.10 Å². The number of rotatable bonds is 6. The summed E-state index contributed by atoms with van der Waals surface area (Å²) in [5.41, 5.74) is 2.87. The minimum Gasteiger partial charge on any atom is -0.481 e.